The Bertz CT molecular complexity index is 1230. The fraction of sp³-hybridized carbons (Fsp3) is 0.400. The van der Waals surface area contributed by atoms with Crippen LogP contribution in [0.3, 0.4) is 0 Å². The predicted molar refractivity (Wildman–Crippen MR) is 142 cm³/mol. The molecule has 0 saturated heterocycles. The predicted octanol–water partition coefficient (Wildman–Crippen LogP) is 7.35. The van der Waals surface area contributed by atoms with Gasteiger partial charge >= 0.3 is 0 Å². The van der Waals surface area contributed by atoms with Crippen LogP contribution in [-0.2, 0) is 9.59 Å². The lowest BCUT2D eigenvalue weighted by atomic mass is 9.63. The van der Waals surface area contributed by atoms with Crippen LogP contribution in [0, 0.1) is 10.8 Å². The molecule has 5 rings (SSSR count). The number of nitrogens with zero attached hydrogens (tertiary/aromatic N) is 1. The SMILES string of the molecule is COc1ccc(C2C3=C(CC(C)(C)CC3=O)N(c3cccc(Br)c3)C3=C2C(=O)CC(C)(C)C3)cc1. The Morgan fingerprint density at radius 1 is 0.829 bits per heavy atom. The molecule has 1 aliphatic heterocycles. The first-order valence-corrected chi connectivity index (χ1v) is 13.0. The van der Waals surface area contributed by atoms with Crippen molar-refractivity contribution in [2.24, 2.45) is 10.8 Å². The zero-order chi connectivity index (χ0) is 25.1. The van der Waals surface area contributed by atoms with Crippen molar-refractivity contribution in [3.05, 3.63) is 81.1 Å². The number of hydrogen-bond acceptors (Lipinski definition) is 4. The average molecular weight is 534 g/mol. The fourth-order valence-electron chi connectivity index (χ4n) is 6.02. The number of allylic oxidation sites excluding steroid dienone is 4. The van der Waals surface area contributed by atoms with Crippen molar-refractivity contribution < 1.29 is 14.3 Å². The number of anilines is 1. The van der Waals surface area contributed by atoms with E-state index >= 15 is 0 Å². The fourth-order valence-corrected chi connectivity index (χ4v) is 6.41. The number of carbonyl (C=O) groups excluding carboxylic acids is 2. The molecule has 0 spiro atoms. The van der Waals surface area contributed by atoms with E-state index in [4.69, 9.17) is 4.74 Å². The summed E-state index contributed by atoms with van der Waals surface area (Å²) in [6, 6.07) is 16.0. The third-order valence-corrected chi connectivity index (χ3v) is 7.92. The molecule has 0 amide bonds. The number of Topliss-reactive ketones (excluding diaryl/α,β-unsaturated/α-hetero) is 2. The summed E-state index contributed by atoms with van der Waals surface area (Å²) in [4.78, 5) is 29.9. The summed E-state index contributed by atoms with van der Waals surface area (Å²) in [6.07, 6.45) is 2.51. The van der Waals surface area contributed by atoms with Gasteiger partial charge in [-0.1, -0.05) is 61.8 Å². The van der Waals surface area contributed by atoms with Crippen molar-refractivity contribution in [3.8, 4) is 5.75 Å². The highest BCUT2D eigenvalue weighted by Crippen LogP contribution is 2.55. The van der Waals surface area contributed by atoms with Crippen LogP contribution in [0.2, 0.25) is 0 Å². The summed E-state index contributed by atoms with van der Waals surface area (Å²) in [5.74, 6) is 0.694. The molecule has 0 atom stereocenters. The summed E-state index contributed by atoms with van der Waals surface area (Å²) in [6.45, 7) is 8.65. The van der Waals surface area contributed by atoms with Gasteiger partial charge in [0.05, 0.1) is 7.11 Å². The van der Waals surface area contributed by atoms with Crippen LogP contribution in [0.15, 0.2) is 75.5 Å². The number of carbonyl (C=O) groups is 2. The molecule has 0 aromatic heterocycles. The monoisotopic (exact) mass is 533 g/mol. The summed E-state index contributed by atoms with van der Waals surface area (Å²) < 4.78 is 6.35. The van der Waals surface area contributed by atoms with Gasteiger partial charge in [-0.2, -0.15) is 0 Å². The van der Waals surface area contributed by atoms with Crippen molar-refractivity contribution in [3.63, 3.8) is 0 Å². The topological polar surface area (TPSA) is 46.6 Å². The van der Waals surface area contributed by atoms with Crippen molar-refractivity contribution in [1.82, 2.24) is 0 Å². The molecule has 0 fully saturated rings. The van der Waals surface area contributed by atoms with Gasteiger partial charge in [0.2, 0.25) is 0 Å². The highest BCUT2D eigenvalue weighted by Gasteiger charge is 2.49. The van der Waals surface area contributed by atoms with Gasteiger partial charge in [0.25, 0.3) is 0 Å². The van der Waals surface area contributed by atoms with Crippen LogP contribution in [-0.4, -0.2) is 18.7 Å². The molecule has 1 heterocycles. The number of halogens is 1. The quantitative estimate of drug-likeness (QED) is 0.413. The summed E-state index contributed by atoms with van der Waals surface area (Å²) in [5.41, 5.74) is 5.28. The summed E-state index contributed by atoms with van der Waals surface area (Å²) in [5, 5.41) is 0. The van der Waals surface area contributed by atoms with Gasteiger partial charge in [0, 0.05) is 51.5 Å². The van der Waals surface area contributed by atoms with Gasteiger partial charge in [0.15, 0.2) is 11.6 Å². The maximum absolute atomic E-state index is 13.9. The van der Waals surface area contributed by atoms with E-state index in [9.17, 15) is 9.59 Å². The van der Waals surface area contributed by atoms with Crippen molar-refractivity contribution in [2.45, 2.75) is 59.3 Å². The second-order valence-corrected chi connectivity index (χ2v) is 12.5. The molecule has 182 valence electrons. The number of benzene rings is 2. The standard InChI is InChI=1S/C30H32BrNO3/c1-29(2)14-22-27(24(33)16-29)26(18-9-11-21(35-5)12-10-18)28-23(15-30(3,4)17-25(28)34)32(22)20-8-6-7-19(31)13-20/h6-13,26H,14-17H2,1-5H3. The highest BCUT2D eigenvalue weighted by atomic mass is 79.9. The van der Waals surface area contributed by atoms with E-state index in [1.807, 2.05) is 36.4 Å². The first kappa shape index (κ1) is 24.1. The van der Waals surface area contributed by atoms with E-state index in [1.165, 1.54) is 0 Å². The van der Waals surface area contributed by atoms with Crippen LogP contribution >= 0.6 is 15.9 Å². The molecule has 2 aromatic rings. The lowest BCUT2D eigenvalue weighted by Crippen LogP contribution is -2.44. The third kappa shape index (κ3) is 4.29. The molecule has 0 N–H and O–H groups in total. The number of rotatable bonds is 3. The molecule has 0 radical (unpaired) electrons. The molecule has 5 heteroatoms. The average Bonchev–Trinajstić information content (AvgIpc) is 2.76. The lowest BCUT2D eigenvalue weighted by Gasteiger charge is -2.49. The van der Waals surface area contributed by atoms with E-state index in [0.29, 0.717) is 12.8 Å². The van der Waals surface area contributed by atoms with Gasteiger partial charge in [-0.3, -0.25) is 9.59 Å². The summed E-state index contributed by atoms with van der Waals surface area (Å²) >= 11 is 3.63. The molecule has 2 aliphatic carbocycles. The zero-order valence-corrected chi connectivity index (χ0v) is 22.7. The Balaban J connectivity index is 1.82. The van der Waals surface area contributed by atoms with Gasteiger partial charge in [0.1, 0.15) is 5.75 Å². The van der Waals surface area contributed by atoms with E-state index in [1.54, 1.807) is 7.11 Å². The number of ketones is 2. The number of methoxy groups -OCH3 is 1. The van der Waals surface area contributed by atoms with E-state index in [0.717, 1.165) is 56.9 Å². The minimum Gasteiger partial charge on any atom is -0.497 e. The van der Waals surface area contributed by atoms with Crippen LogP contribution in [0.1, 0.15) is 64.9 Å². The van der Waals surface area contributed by atoms with E-state index in [-0.39, 0.29) is 28.3 Å². The lowest BCUT2D eigenvalue weighted by molar-refractivity contribution is -0.119. The molecular formula is C30H32BrNO3. The molecule has 3 aliphatic rings. The zero-order valence-electron chi connectivity index (χ0n) is 21.1. The Labute approximate surface area is 216 Å². The van der Waals surface area contributed by atoms with Crippen LogP contribution in [0.5, 0.6) is 5.75 Å². The van der Waals surface area contributed by atoms with Gasteiger partial charge in [-0.15, -0.1) is 0 Å². The maximum Gasteiger partial charge on any atom is 0.162 e. The summed E-state index contributed by atoms with van der Waals surface area (Å²) in [7, 11) is 1.65. The largest absolute Gasteiger partial charge is 0.497 e. The Morgan fingerprint density at radius 3 is 1.86 bits per heavy atom. The molecule has 0 bridgehead atoms. The molecule has 4 nitrogen and oxygen atoms in total. The molecular weight excluding hydrogens is 502 g/mol. The van der Waals surface area contributed by atoms with Crippen LogP contribution in [0.25, 0.3) is 0 Å². The molecule has 0 saturated carbocycles. The van der Waals surface area contributed by atoms with Gasteiger partial charge in [-0.25, -0.2) is 0 Å². The van der Waals surface area contributed by atoms with E-state index < -0.39 is 0 Å². The Morgan fingerprint density at radius 2 is 1.37 bits per heavy atom. The first-order valence-electron chi connectivity index (χ1n) is 12.2. The molecule has 2 aromatic carbocycles. The number of ether oxygens (including phenoxy) is 1. The highest BCUT2D eigenvalue weighted by molar-refractivity contribution is 9.10. The van der Waals surface area contributed by atoms with Gasteiger partial charge < -0.3 is 9.64 Å². The third-order valence-electron chi connectivity index (χ3n) is 7.43. The van der Waals surface area contributed by atoms with Crippen LogP contribution < -0.4 is 9.64 Å². The smallest absolute Gasteiger partial charge is 0.162 e. The second-order valence-electron chi connectivity index (χ2n) is 11.6. The van der Waals surface area contributed by atoms with Gasteiger partial charge in [-0.05, 0) is 59.6 Å². The minimum atomic E-state index is -0.346. The number of hydrogen-bond donors (Lipinski definition) is 0. The van der Waals surface area contributed by atoms with Crippen molar-refractivity contribution in [2.75, 3.05) is 12.0 Å². The minimum absolute atomic E-state index is 0.140. The Hall–Kier alpha value is -2.66. The molecule has 35 heavy (non-hydrogen) atoms. The van der Waals surface area contributed by atoms with Crippen LogP contribution in [0.4, 0.5) is 5.69 Å². The van der Waals surface area contributed by atoms with Crippen molar-refractivity contribution >= 4 is 33.2 Å². The normalized spacial score (nSPS) is 21.7. The molecule has 0 unspecified atom stereocenters. The second kappa shape index (κ2) is 8.48. The maximum atomic E-state index is 13.9. The first-order chi connectivity index (χ1) is 16.5. The Kier molecular flexibility index (Phi) is 5.83. The van der Waals surface area contributed by atoms with E-state index in [2.05, 4.69) is 60.7 Å². The van der Waals surface area contributed by atoms with Crippen molar-refractivity contribution in [1.29, 1.82) is 0 Å².